The largest absolute Gasteiger partial charge is 0.346 e. The Balaban J connectivity index is 1.46. The number of thiophene rings is 1. The lowest BCUT2D eigenvalue weighted by Crippen LogP contribution is -2.37. The third kappa shape index (κ3) is 4.85. The summed E-state index contributed by atoms with van der Waals surface area (Å²) < 4.78 is 0. The molecular weight excluding hydrogens is 336 g/mol. The molecule has 2 amide bonds. The van der Waals surface area contributed by atoms with Crippen molar-refractivity contribution in [1.82, 2.24) is 20.2 Å². The average molecular weight is 358 g/mol. The van der Waals surface area contributed by atoms with Gasteiger partial charge in [0.25, 0.3) is 5.91 Å². The third-order valence-electron chi connectivity index (χ3n) is 4.53. The molecule has 0 unspecified atom stereocenters. The molecule has 1 aliphatic rings. The molecule has 0 saturated carbocycles. The summed E-state index contributed by atoms with van der Waals surface area (Å²) >= 11 is 1.50. The molecule has 132 valence electrons. The van der Waals surface area contributed by atoms with E-state index >= 15 is 0 Å². The van der Waals surface area contributed by atoms with Crippen molar-refractivity contribution in [2.75, 3.05) is 13.1 Å². The van der Waals surface area contributed by atoms with E-state index in [4.69, 9.17) is 0 Å². The summed E-state index contributed by atoms with van der Waals surface area (Å²) in [5, 5.41) is 6.55. The van der Waals surface area contributed by atoms with E-state index in [1.165, 1.54) is 11.3 Å². The maximum atomic E-state index is 11.9. The Bertz CT molecular complexity index is 707. The molecule has 0 atom stereocenters. The average Bonchev–Trinajstić information content (AvgIpc) is 3.16. The highest BCUT2D eigenvalue weighted by molar-refractivity contribution is 7.08. The highest BCUT2D eigenvalue weighted by Crippen LogP contribution is 2.20. The van der Waals surface area contributed by atoms with Gasteiger partial charge in [0.15, 0.2) is 0 Å². The van der Waals surface area contributed by atoms with Gasteiger partial charge < -0.3 is 10.2 Å². The molecule has 1 N–H and O–H groups in total. The molecule has 0 aromatic carbocycles. The van der Waals surface area contributed by atoms with E-state index in [-0.39, 0.29) is 11.8 Å². The van der Waals surface area contributed by atoms with Crippen molar-refractivity contribution in [3.05, 3.63) is 46.2 Å². The summed E-state index contributed by atoms with van der Waals surface area (Å²) in [4.78, 5) is 34.0. The number of hydrogen-bond donors (Lipinski definition) is 1. The highest BCUT2D eigenvalue weighted by Gasteiger charge is 2.21. The van der Waals surface area contributed by atoms with Crippen LogP contribution in [0.2, 0.25) is 0 Å². The summed E-state index contributed by atoms with van der Waals surface area (Å²) in [6.45, 7) is 3.67. The van der Waals surface area contributed by atoms with E-state index in [9.17, 15) is 9.59 Å². The first-order valence-corrected chi connectivity index (χ1v) is 9.42. The second kappa shape index (κ2) is 8.20. The minimum atomic E-state index is -0.0932. The Morgan fingerprint density at radius 2 is 1.96 bits per heavy atom. The predicted molar refractivity (Wildman–Crippen MR) is 96.2 cm³/mol. The Kier molecular flexibility index (Phi) is 5.75. The van der Waals surface area contributed by atoms with E-state index in [2.05, 4.69) is 15.3 Å². The molecule has 6 nitrogen and oxygen atoms in total. The molecule has 3 rings (SSSR count). The standard InChI is InChI=1S/C18H22N4O2S/c1-13(23)22-5-2-14(3-6-22)8-16-9-20-17(10-19-16)11-21-18(24)15-4-7-25-12-15/h4,7,9-10,12,14H,2-3,5-6,8,11H2,1H3,(H,21,24). The lowest BCUT2D eigenvalue weighted by molar-refractivity contribution is -0.130. The normalized spacial score (nSPS) is 15.2. The van der Waals surface area contributed by atoms with E-state index in [1.54, 1.807) is 25.4 Å². The minimum absolute atomic E-state index is 0.0932. The van der Waals surface area contributed by atoms with Crippen LogP contribution in [0, 0.1) is 5.92 Å². The first-order chi connectivity index (χ1) is 12.1. The van der Waals surface area contributed by atoms with Crippen molar-refractivity contribution >= 4 is 23.2 Å². The number of carbonyl (C=O) groups is 2. The van der Waals surface area contributed by atoms with Crippen LogP contribution in [0.3, 0.4) is 0 Å². The zero-order valence-electron chi connectivity index (χ0n) is 14.3. The fourth-order valence-electron chi connectivity index (χ4n) is 2.99. The molecule has 3 heterocycles. The molecule has 0 aliphatic carbocycles. The first-order valence-electron chi connectivity index (χ1n) is 8.47. The number of rotatable bonds is 5. The highest BCUT2D eigenvalue weighted by atomic mass is 32.1. The second-order valence-electron chi connectivity index (χ2n) is 6.35. The molecule has 0 bridgehead atoms. The van der Waals surface area contributed by atoms with E-state index < -0.39 is 0 Å². The smallest absolute Gasteiger partial charge is 0.252 e. The fraction of sp³-hybridized carbons (Fsp3) is 0.444. The SMILES string of the molecule is CC(=O)N1CCC(Cc2cnc(CNC(=O)c3ccsc3)cn2)CC1. The Morgan fingerprint density at radius 3 is 2.56 bits per heavy atom. The van der Waals surface area contributed by atoms with Crippen molar-refractivity contribution in [3.8, 4) is 0 Å². The van der Waals surface area contributed by atoms with E-state index in [1.807, 2.05) is 15.7 Å². The van der Waals surface area contributed by atoms with E-state index in [0.29, 0.717) is 18.0 Å². The molecule has 2 aromatic rings. The van der Waals surface area contributed by atoms with Crippen LogP contribution in [-0.4, -0.2) is 39.8 Å². The molecule has 25 heavy (non-hydrogen) atoms. The van der Waals surface area contributed by atoms with Gasteiger partial charge in [-0.15, -0.1) is 0 Å². The molecule has 7 heteroatoms. The van der Waals surface area contributed by atoms with Gasteiger partial charge in [-0.2, -0.15) is 11.3 Å². The van der Waals surface area contributed by atoms with Gasteiger partial charge in [0.1, 0.15) is 0 Å². The van der Waals surface area contributed by atoms with Gasteiger partial charge in [-0.3, -0.25) is 19.6 Å². The van der Waals surface area contributed by atoms with Gasteiger partial charge in [0.2, 0.25) is 5.91 Å². The number of piperidine rings is 1. The molecular formula is C18H22N4O2S. The summed E-state index contributed by atoms with van der Waals surface area (Å²) in [7, 11) is 0. The second-order valence-corrected chi connectivity index (χ2v) is 7.13. The summed E-state index contributed by atoms with van der Waals surface area (Å²) in [5.41, 5.74) is 2.39. The lowest BCUT2D eigenvalue weighted by atomic mass is 9.92. The maximum Gasteiger partial charge on any atom is 0.252 e. The summed E-state index contributed by atoms with van der Waals surface area (Å²) in [5.74, 6) is 0.616. The molecule has 2 aromatic heterocycles. The molecule has 1 fully saturated rings. The third-order valence-corrected chi connectivity index (χ3v) is 5.21. The number of nitrogens with one attached hydrogen (secondary N) is 1. The van der Waals surface area contributed by atoms with Gasteiger partial charge in [-0.05, 0) is 36.6 Å². The van der Waals surface area contributed by atoms with Gasteiger partial charge in [0, 0.05) is 37.2 Å². The van der Waals surface area contributed by atoms with Crippen molar-refractivity contribution < 1.29 is 9.59 Å². The zero-order valence-corrected chi connectivity index (χ0v) is 15.1. The molecule has 1 saturated heterocycles. The number of aromatic nitrogens is 2. The van der Waals surface area contributed by atoms with Crippen molar-refractivity contribution in [2.45, 2.75) is 32.7 Å². The van der Waals surface area contributed by atoms with Crippen molar-refractivity contribution in [3.63, 3.8) is 0 Å². The number of nitrogens with zero attached hydrogens (tertiary/aromatic N) is 3. The first kappa shape index (κ1) is 17.5. The Morgan fingerprint density at radius 1 is 1.24 bits per heavy atom. The molecule has 1 aliphatic heterocycles. The van der Waals surface area contributed by atoms with Gasteiger partial charge >= 0.3 is 0 Å². The van der Waals surface area contributed by atoms with Crippen LogP contribution >= 0.6 is 11.3 Å². The van der Waals surface area contributed by atoms with Gasteiger partial charge in [-0.1, -0.05) is 0 Å². The molecule has 0 radical (unpaired) electrons. The van der Waals surface area contributed by atoms with Crippen molar-refractivity contribution in [1.29, 1.82) is 0 Å². The summed E-state index contributed by atoms with van der Waals surface area (Å²) in [6, 6.07) is 1.80. The van der Waals surface area contributed by atoms with Crippen LogP contribution in [-0.2, 0) is 17.8 Å². The fourth-order valence-corrected chi connectivity index (χ4v) is 3.63. The lowest BCUT2D eigenvalue weighted by Gasteiger charge is -2.31. The zero-order chi connectivity index (χ0) is 17.6. The van der Waals surface area contributed by atoms with Crippen molar-refractivity contribution in [2.24, 2.45) is 5.92 Å². The van der Waals surface area contributed by atoms with Crippen LogP contribution in [0.1, 0.15) is 41.5 Å². The Hall–Kier alpha value is -2.28. The quantitative estimate of drug-likeness (QED) is 0.890. The van der Waals surface area contributed by atoms with Crippen LogP contribution in [0.5, 0.6) is 0 Å². The number of carbonyl (C=O) groups excluding carboxylic acids is 2. The number of likely N-dealkylation sites (tertiary alicyclic amines) is 1. The van der Waals surface area contributed by atoms with Crippen LogP contribution in [0.4, 0.5) is 0 Å². The van der Waals surface area contributed by atoms with E-state index in [0.717, 1.165) is 43.7 Å². The topological polar surface area (TPSA) is 75.2 Å². The predicted octanol–water partition coefficient (Wildman–Crippen LogP) is 2.27. The van der Waals surface area contributed by atoms with Gasteiger partial charge in [0.05, 0.1) is 24.1 Å². The number of amides is 2. The van der Waals surface area contributed by atoms with Gasteiger partial charge in [-0.25, -0.2) is 0 Å². The summed E-state index contributed by atoms with van der Waals surface area (Å²) in [6.07, 6.45) is 6.44. The molecule has 0 spiro atoms. The monoisotopic (exact) mass is 358 g/mol. The van der Waals surface area contributed by atoms with Crippen LogP contribution in [0.15, 0.2) is 29.2 Å². The Labute approximate surface area is 151 Å². The maximum absolute atomic E-state index is 11.9. The van der Waals surface area contributed by atoms with Crippen LogP contribution in [0.25, 0.3) is 0 Å². The van der Waals surface area contributed by atoms with Crippen LogP contribution < -0.4 is 5.32 Å². The minimum Gasteiger partial charge on any atom is -0.346 e. The number of hydrogen-bond acceptors (Lipinski definition) is 5.